The molecule has 6 aromatic carbocycles. The third-order valence-electron chi connectivity index (χ3n) is 6.47. The lowest BCUT2D eigenvalue weighted by atomic mass is 9.97. The topological polar surface area (TPSA) is 0 Å². The maximum atomic E-state index is 2.29. The molecule has 0 aliphatic heterocycles. The third kappa shape index (κ3) is 3.81. The van der Waals surface area contributed by atoms with Gasteiger partial charge in [0.15, 0.2) is 0 Å². The van der Waals surface area contributed by atoms with Gasteiger partial charge in [-0.2, -0.15) is 0 Å². The van der Waals surface area contributed by atoms with Gasteiger partial charge in [-0.1, -0.05) is 115 Å². The molecule has 0 nitrogen and oxygen atoms in total. The van der Waals surface area contributed by atoms with E-state index in [-0.39, 0.29) is 0 Å². The number of hydrogen-bond donors (Lipinski definition) is 0. The van der Waals surface area contributed by atoms with Crippen molar-refractivity contribution in [1.82, 2.24) is 0 Å². The summed E-state index contributed by atoms with van der Waals surface area (Å²) in [6.45, 7) is 2.14. The van der Waals surface area contributed by atoms with Gasteiger partial charge in [0, 0.05) is 0 Å². The minimum atomic E-state index is 1.21. The van der Waals surface area contributed by atoms with E-state index in [1.54, 1.807) is 0 Å². The molecule has 33 heavy (non-hydrogen) atoms. The van der Waals surface area contributed by atoms with Crippen molar-refractivity contribution in [2.45, 2.75) is 6.92 Å². The lowest BCUT2D eigenvalue weighted by Gasteiger charge is -2.08. The first-order chi connectivity index (χ1) is 16.2. The Morgan fingerprint density at radius 2 is 1.09 bits per heavy atom. The summed E-state index contributed by atoms with van der Waals surface area (Å²) >= 11 is 0. The van der Waals surface area contributed by atoms with Crippen LogP contribution in [0, 0.1) is 6.92 Å². The minimum absolute atomic E-state index is 1.21. The second-order valence-electron chi connectivity index (χ2n) is 8.79. The molecule has 0 spiro atoms. The first-order valence-corrected chi connectivity index (χ1v) is 11.4. The molecule has 0 bridgehead atoms. The summed E-state index contributed by atoms with van der Waals surface area (Å²) in [5, 5.41) is 7.66. The predicted octanol–water partition coefficient (Wildman–Crippen LogP) is 9.29. The van der Waals surface area contributed by atoms with Gasteiger partial charge in [-0.05, 0) is 79.7 Å². The predicted molar refractivity (Wildman–Crippen MR) is 145 cm³/mol. The van der Waals surface area contributed by atoms with Crippen LogP contribution in [0.3, 0.4) is 0 Å². The Morgan fingerprint density at radius 3 is 1.91 bits per heavy atom. The van der Waals surface area contributed by atoms with Crippen molar-refractivity contribution >= 4 is 44.5 Å². The van der Waals surface area contributed by atoms with Crippen LogP contribution in [0.2, 0.25) is 0 Å². The molecular formula is C33H24. The maximum absolute atomic E-state index is 2.29. The van der Waals surface area contributed by atoms with Crippen molar-refractivity contribution < 1.29 is 0 Å². The zero-order valence-corrected chi connectivity index (χ0v) is 18.6. The molecule has 156 valence electrons. The second kappa shape index (κ2) is 8.07. The molecule has 0 fully saturated rings. The summed E-state index contributed by atoms with van der Waals surface area (Å²) < 4.78 is 0. The Hall–Kier alpha value is -4.16. The van der Waals surface area contributed by atoms with Crippen molar-refractivity contribution in [3.63, 3.8) is 0 Å². The smallest absolute Gasteiger partial charge is 0.0111 e. The largest absolute Gasteiger partial charge is 0.0616 e. The van der Waals surface area contributed by atoms with E-state index in [9.17, 15) is 0 Å². The molecule has 0 heterocycles. The molecule has 0 N–H and O–H groups in total. The van der Waals surface area contributed by atoms with E-state index in [2.05, 4.69) is 134 Å². The van der Waals surface area contributed by atoms with Crippen LogP contribution in [0.4, 0.5) is 0 Å². The first-order valence-electron chi connectivity index (χ1n) is 11.4. The van der Waals surface area contributed by atoms with Gasteiger partial charge in [0.05, 0.1) is 0 Å². The van der Waals surface area contributed by atoms with Crippen LogP contribution in [0.15, 0.2) is 115 Å². The Bertz CT molecular complexity index is 1660. The average Bonchev–Trinajstić information content (AvgIpc) is 2.86. The Morgan fingerprint density at radius 1 is 0.455 bits per heavy atom. The van der Waals surface area contributed by atoms with E-state index in [1.807, 2.05) is 0 Å². The van der Waals surface area contributed by atoms with Gasteiger partial charge in [0.2, 0.25) is 0 Å². The summed E-state index contributed by atoms with van der Waals surface area (Å²) in [6, 6.07) is 41.8. The fourth-order valence-electron chi connectivity index (χ4n) is 4.67. The fourth-order valence-corrected chi connectivity index (χ4v) is 4.67. The van der Waals surface area contributed by atoms with Gasteiger partial charge >= 0.3 is 0 Å². The molecule has 0 amide bonds. The van der Waals surface area contributed by atoms with Crippen molar-refractivity contribution in [2.24, 2.45) is 0 Å². The standard InChI is InChI=1S/C33H24/c1-23-9-12-29-21-31(17-15-27(29)19-23)32-18-16-28-20-24(11-14-30(28)22-32)10-13-26-7-4-6-25-5-2-3-8-33(25)26/h2-22H,1H3/b13-10+. The highest BCUT2D eigenvalue weighted by Crippen LogP contribution is 2.29. The number of fused-ring (bicyclic) bond motifs is 3. The molecule has 6 rings (SSSR count). The van der Waals surface area contributed by atoms with E-state index >= 15 is 0 Å². The highest BCUT2D eigenvalue weighted by Gasteiger charge is 2.03. The van der Waals surface area contributed by atoms with Crippen molar-refractivity contribution in [1.29, 1.82) is 0 Å². The average molecular weight is 421 g/mol. The van der Waals surface area contributed by atoms with Gasteiger partial charge in [0.1, 0.15) is 0 Å². The van der Waals surface area contributed by atoms with E-state index in [0.717, 1.165) is 0 Å². The molecule has 0 saturated heterocycles. The molecule has 0 radical (unpaired) electrons. The van der Waals surface area contributed by atoms with Crippen LogP contribution in [0.25, 0.3) is 55.6 Å². The van der Waals surface area contributed by atoms with Gasteiger partial charge < -0.3 is 0 Å². The summed E-state index contributed by atoms with van der Waals surface area (Å²) in [6.07, 6.45) is 4.43. The molecule has 0 atom stereocenters. The van der Waals surface area contributed by atoms with Crippen molar-refractivity contribution in [2.75, 3.05) is 0 Å². The van der Waals surface area contributed by atoms with Crippen LogP contribution in [-0.2, 0) is 0 Å². The van der Waals surface area contributed by atoms with E-state index in [4.69, 9.17) is 0 Å². The van der Waals surface area contributed by atoms with Gasteiger partial charge in [0.25, 0.3) is 0 Å². The number of rotatable bonds is 3. The third-order valence-corrected chi connectivity index (χ3v) is 6.47. The van der Waals surface area contributed by atoms with Gasteiger partial charge in [-0.15, -0.1) is 0 Å². The van der Waals surface area contributed by atoms with E-state index in [1.165, 1.54) is 60.1 Å². The summed E-state index contributed by atoms with van der Waals surface area (Å²) in [5.41, 5.74) is 6.27. The molecule has 0 aliphatic rings. The lowest BCUT2D eigenvalue weighted by Crippen LogP contribution is -1.82. The molecule has 0 saturated carbocycles. The van der Waals surface area contributed by atoms with Crippen LogP contribution in [0.5, 0.6) is 0 Å². The zero-order valence-electron chi connectivity index (χ0n) is 18.6. The molecule has 0 heteroatoms. The molecule has 0 aliphatic carbocycles. The zero-order chi connectivity index (χ0) is 22.2. The maximum Gasteiger partial charge on any atom is -0.0111 e. The molecule has 6 aromatic rings. The van der Waals surface area contributed by atoms with Crippen LogP contribution in [0.1, 0.15) is 16.7 Å². The lowest BCUT2D eigenvalue weighted by molar-refractivity contribution is 1.50. The second-order valence-corrected chi connectivity index (χ2v) is 8.79. The van der Waals surface area contributed by atoms with E-state index in [0.29, 0.717) is 0 Å². The Balaban J connectivity index is 1.33. The first kappa shape index (κ1) is 19.5. The SMILES string of the molecule is Cc1ccc2cc(-c3ccc4cc(/C=C/c5cccc6ccccc56)ccc4c3)ccc2c1. The highest BCUT2D eigenvalue weighted by atomic mass is 14.1. The van der Waals surface area contributed by atoms with Gasteiger partial charge in [-0.3, -0.25) is 0 Å². The minimum Gasteiger partial charge on any atom is -0.0616 e. The summed E-state index contributed by atoms with van der Waals surface area (Å²) in [4.78, 5) is 0. The van der Waals surface area contributed by atoms with Crippen molar-refractivity contribution in [3.8, 4) is 11.1 Å². The molecule has 0 unspecified atom stereocenters. The van der Waals surface area contributed by atoms with Gasteiger partial charge in [-0.25, -0.2) is 0 Å². The highest BCUT2D eigenvalue weighted by molar-refractivity contribution is 5.95. The summed E-state index contributed by atoms with van der Waals surface area (Å²) in [7, 11) is 0. The van der Waals surface area contributed by atoms with Crippen LogP contribution >= 0.6 is 0 Å². The number of hydrogen-bond acceptors (Lipinski definition) is 0. The van der Waals surface area contributed by atoms with Crippen LogP contribution in [-0.4, -0.2) is 0 Å². The summed E-state index contributed by atoms with van der Waals surface area (Å²) in [5.74, 6) is 0. The Labute approximate surface area is 194 Å². The molecular weight excluding hydrogens is 396 g/mol. The number of benzene rings is 6. The molecule has 0 aromatic heterocycles. The van der Waals surface area contributed by atoms with Crippen LogP contribution < -0.4 is 0 Å². The van der Waals surface area contributed by atoms with Crippen molar-refractivity contribution in [3.05, 3.63) is 132 Å². The normalized spacial score (nSPS) is 11.7. The Kier molecular flexibility index (Phi) is 4.78. The van der Waals surface area contributed by atoms with E-state index < -0.39 is 0 Å². The quantitative estimate of drug-likeness (QED) is 0.250. The monoisotopic (exact) mass is 420 g/mol. The number of aryl methyl sites for hydroxylation is 1. The fraction of sp³-hybridized carbons (Fsp3) is 0.0303.